The van der Waals surface area contributed by atoms with Crippen LogP contribution >= 0.6 is 0 Å². The number of amides is 1. The summed E-state index contributed by atoms with van der Waals surface area (Å²) in [5, 5.41) is 29.9. The summed E-state index contributed by atoms with van der Waals surface area (Å²) in [7, 11) is 0. The number of nitrogens with zero attached hydrogens (tertiary/aromatic N) is 3. The van der Waals surface area contributed by atoms with Gasteiger partial charge in [-0.1, -0.05) is 0 Å². The minimum atomic E-state index is -1.47. The van der Waals surface area contributed by atoms with Crippen molar-refractivity contribution in [3.05, 3.63) is 0 Å². The first kappa shape index (κ1) is 9.49. The summed E-state index contributed by atoms with van der Waals surface area (Å²) in [6.45, 7) is 0. The van der Waals surface area contributed by atoms with E-state index in [4.69, 9.17) is 15.8 Å². The van der Waals surface area contributed by atoms with Gasteiger partial charge in [0.2, 0.25) is 5.91 Å². The Morgan fingerprint density at radius 2 is 1.93 bits per heavy atom. The van der Waals surface area contributed by atoms with E-state index in [9.17, 15) is 4.79 Å². The molecule has 2 fully saturated rings. The first-order valence-electron chi connectivity index (χ1n) is 4.69. The van der Waals surface area contributed by atoms with E-state index in [1.165, 1.54) is 0 Å². The lowest BCUT2D eigenvalue weighted by Crippen LogP contribution is -2.45. The molecule has 2 rings (SSSR count). The third kappa shape index (κ3) is 0.865. The Labute approximate surface area is 86.9 Å². The molecule has 0 aromatic carbocycles. The molecule has 0 spiro atoms. The molecule has 0 radical (unpaired) electrons. The maximum Gasteiger partial charge on any atom is 0.243 e. The number of fused-ring (bicyclic) bond motifs is 2. The van der Waals surface area contributed by atoms with E-state index in [1.54, 1.807) is 0 Å². The van der Waals surface area contributed by atoms with Gasteiger partial charge in [-0.25, -0.2) is 0 Å². The van der Waals surface area contributed by atoms with E-state index in [2.05, 4.69) is 5.32 Å². The Hall–Kier alpha value is -2.06. The molecule has 2 aliphatic rings. The largest absolute Gasteiger partial charge is 0.352 e. The molecular weight excluding hydrogens is 192 g/mol. The Kier molecular flexibility index (Phi) is 1.72. The Morgan fingerprint density at radius 3 is 2.47 bits per heavy atom. The van der Waals surface area contributed by atoms with Crippen molar-refractivity contribution in [2.24, 2.45) is 10.8 Å². The lowest BCUT2D eigenvalue weighted by Gasteiger charge is -2.34. The summed E-state index contributed by atoms with van der Waals surface area (Å²) in [4.78, 5) is 11.7. The van der Waals surface area contributed by atoms with Crippen molar-refractivity contribution >= 4 is 5.91 Å². The monoisotopic (exact) mass is 200 g/mol. The van der Waals surface area contributed by atoms with Crippen molar-refractivity contribution in [3.63, 3.8) is 0 Å². The molecule has 5 heteroatoms. The van der Waals surface area contributed by atoms with E-state index >= 15 is 0 Å². The summed E-state index contributed by atoms with van der Waals surface area (Å²) in [5.41, 5.74) is -2.93. The van der Waals surface area contributed by atoms with Crippen LogP contribution in [-0.2, 0) is 4.79 Å². The minimum Gasteiger partial charge on any atom is -0.352 e. The summed E-state index contributed by atoms with van der Waals surface area (Å²) in [6.07, 6.45) is 1.16. The molecule has 5 nitrogen and oxygen atoms in total. The molecule has 2 bridgehead atoms. The first-order valence-corrected chi connectivity index (χ1v) is 4.69. The number of rotatable bonds is 0. The van der Waals surface area contributed by atoms with Crippen LogP contribution in [0.1, 0.15) is 19.3 Å². The van der Waals surface area contributed by atoms with Crippen LogP contribution in [0.3, 0.4) is 0 Å². The highest BCUT2D eigenvalue weighted by atomic mass is 16.2. The quantitative estimate of drug-likeness (QED) is 0.604. The second-order valence-electron chi connectivity index (χ2n) is 4.06. The van der Waals surface area contributed by atoms with E-state index < -0.39 is 16.7 Å². The second kappa shape index (κ2) is 2.72. The molecule has 74 valence electrons. The number of nitrogens with one attached hydrogen (secondary N) is 1. The van der Waals surface area contributed by atoms with Crippen molar-refractivity contribution in [2.45, 2.75) is 25.3 Å². The van der Waals surface area contributed by atoms with Crippen LogP contribution < -0.4 is 5.32 Å². The highest BCUT2D eigenvalue weighted by Gasteiger charge is 2.65. The van der Waals surface area contributed by atoms with Crippen LogP contribution in [0.2, 0.25) is 0 Å². The van der Waals surface area contributed by atoms with Crippen LogP contribution in [0.4, 0.5) is 0 Å². The van der Waals surface area contributed by atoms with E-state index in [0.717, 1.165) is 0 Å². The SMILES string of the molecule is N#CC1(C#N)CCC2CC1(C#N)C(=O)N2. The summed E-state index contributed by atoms with van der Waals surface area (Å²) >= 11 is 0. The van der Waals surface area contributed by atoms with Gasteiger partial charge in [-0.05, 0) is 19.3 Å². The van der Waals surface area contributed by atoms with Gasteiger partial charge in [-0.15, -0.1) is 0 Å². The molecule has 2 unspecified atom stereocenters. The average Bonchev–Trinajstić information content (AvgIpc) is 2.55. The predicted molar refractivity (Wildman–Crippen MR) is 47.5 cm³/mol. The summed E-state index contributed by atoms with van der Waals surface area (Å²) in [6, 6.07) is 5.59. The van der Waals surface area contributed by atoms with Crippen molar-refractivity contribution in [3.8, 4) is 18.2 Å². The number of nitriles is 3. The highest BCUT2D eigenvalue weighted by molar-refractivity contribution is 5.90. The minimum absolute atomic E-state index is 0.0491. The fourth-order valence-corrected chi connectivity index (χ4v) is 2.49. The highest BCUT2D eigenvalue weighted by Crippen LogP contribution is 2.53. The zero-order valence-electron chi connectivity index (χ0n) is 7.95. The molecule has 1 N–H and O–H groups in total. The second-order valence-corrected chi connectivity index (χ2v) is 4.06. The first-order chi connectivity index (χ1) is 7.14. The molecule has 1 heterocycles. The molecule has 2 atom stereocenters. The average molecular weight is 200 g/mol. The van der Waals surface area contributed by atoms with Gasteiger partial charge in [0.1, 0.15) is 0 Å². The lowest BCUT2D eigenvalue weighted by molar-refractivity contribution is -0.127. The Morgan fingerprint density at radius 1 is 1.27 bits per heavy atom. The lowest BCUT2D eigenvalue weighted by atomic mass is 9.58. The van der Waals surface area contributed by atoms with Crippen LogP contribution in [0.5, 0.6) is 0 Å². The van der Waals surface area contributed by atoms with Gasteiger partial charge >= 0.3 is 0 Å². The fraction of sp³-hybridized carbons (Fsp3) is 0.600. The van der Waals surface area contributed by atoms with Crippen molar-refractivity contribution < 1.29 is 4.79 Å². The Balaban J connectivity index is 2.61. The smallest absolute Gasteiger partial charge is 0.243 e. The molecule has 15 heavy (non-hydrogen) atoms. The van der Waals surface area contributed by atoms with E-state index in [1.807, 2.05) is 18.2 Å². The molecule has 1 amide bonds. The van der Waals surface area contributed by atoms with Crippen molar-refractivity contribution in [1.29, 1.82) is 15.8 Å². The standard InChI is InChI=1S/C10H8N4O/c11-4-9(5-12)2-1-7-3-10(9,6-13)8(15)14-7/h7H,1-3H2,(H,14,15). The zero-order chi connectivity index (χ0) is 11.1. The van der Waals surface area contributed by atoms with Gasteiger partial charge in [0.15, 0.2) is 10.8 Å². The van der Waals surface area contributed by atoms with Crippen LogP contribution in [0.15, 0.2) is 0 Å². The predicted octanol–water partition coefficient (Wildman–Crippen LogP) is 0.212. The molecule has 0 aromatic rings. The van der Waals surface area contributed by atoms with Crippen molar-refractivity contribution in [1.82, 2.24) is 5.32 Å². The number of hydrogen-bond acceptors (Lipinski definition) is 4. The molecule has 1 aliphatic carbocycles. The molecular formula is C10H8N4O. The molecule has 0 aromatic heterocycles. The Bertz CT molecular complexity index is 436. The van der Waals surface area contributed by atoms with Crippen LogP contribution in [0, 0.1) is 44.8 Å². The van der Waals surface area contributed by atoms with Crippen molar-refractivity contribution in [2.75, 3.05) is 0 Å². The summed E-state index contributed by atoms with van der Waals surface area (Å²) in [5.74, 6) is -0.462. The van der Waals surface area contributed by atoms with Gasteiger partial charge in [0.05, 0.1) is 18.2 Å². The van der Waals surface area contributed by atoms with Gasteiger partial charge in [-0.2, -0.15) is 15.8 Å². The number of carbonyl (C=O) groups excluding carboxylic acids is 1. The fourth-order valence-electron chi connectivity index (χ4n) is 2.49. The van der Waals surface area contributed by atoms with Gasteiger partial charge in [0.25, 0.3) is 0 Å². The van der Waals surface area contributed by atoms with E-state index in [-0.39, 0.29) is 18.9 Å². The van der Waals surface area contributed by atoms with Crippen LogP contribution in [-0.4, -0.2) is 11.9 Å². The number of hydrogen-bond donors (Lipinski definition) is 1. The maximum absolute atomic E-state index is 11.7. The molecule has 1 saturated carbocycles. The molecule has 1 aliphatic heterocycles. The van der Waals surface area contributed by atoms with Crippen LogP contribution in [0.25, 0.3) is 0 Å². The zero-order valence-corrected chi connectivity index (χ0v) is 7.95. The molecule has 1 saturated heterocycles. The summed E-state index contributed by atoms with van der Waals surface area (Å²) < 4.78 is 0. The third-order valence-electron chi connectivity index (χ3n) is 3.44. The van der Waals surface area contributed by atoms with Gasteiger partial charge in [0, 0.05) is 6.04 Å². The number of carbonyl (C=O) groups is 1. The van der Waals surface area contributed by atoms with Gasteiger partial charge < -0.3 is 5.32 Å². The topological polar surface area (TPSA) is 100 Å². The third-order valence-corrected chi connectivity index (χ3v) is 3.44. The maximum atomic E-state index is 11.7. The normalized spacial score (nSPS) is 35.8. The van der Waals surface area contributed by atoms with E-state index in [0.29, 0.717) is 6.42 Å². The van der Waals surface area contributed by atoms with Gasteiger partial charge in [-0.3, -0.25) is 4.79 Å².